The molecular formula is C15H19N3O2. The Morgan fingerprint density at radius 2 is 2.20 bits per heavy atom. The average molecular weight is 273 g/mol. The molecule has 1 fully saturated rings. The van der Waals surface area contributed by atoms with Crippen molar-refractivity contribution in [2.45, 2.75) is 12.8 Å². The summed E-state index contributed by atoms with van der Waals surface area (Å²) in [6, 6.07) is 5.34. The van der Waals surface area contributed by atoms with Crippen LogP contribution in [0.25, 0.3) is 0 Å². The molecule has 5 heteroatoms. The number of nitrogens with one attached hydrogen (secondary N) is 1. The van der Waals surface area contributed by atoms with Gasteiger partial charge in [-0.2, -0.15) is 0 Å². The zero-order valence-electron chi connectivity index (χ0n) is 11.6. The van der Waals surface area contributed by atoms with Crippen molar-refractivity contribution in [3.8, 4) is 17.6 Å². The van der Waals surface area contributed by atoms with E-state index in [1.54, 1.807) is 24.1 Å². The second-order valence-electron chi connectivity index (χ2n) is 4.55. The third-order valence-electron chi connectivity index (χ3n) is 3.17. The highest BCUT2D eigenvalue weighted by molar-refractivity contribution is 5.91. The smallest absolute Gasteiger partial charge is 0.321 e. The van der Waals surface area contributed by atoms with Gasteiger partial charge in [0.05, 0.1) is 19.3 Å². The Labute approximate surface area is 119 Å². The first kappa shape index (κ1) is 14.2. The number of nitrogens with zero attached hydrogens (tertiary/aromatic N) is 1. The second kappa shape index (κ2) is 6.83. The lowest BCUT2D eigenvalue weighted by molar-refractivity contribution is 0.222. The molecule has 0 radical (unpaired) electrons. The number of amides is 2. The molecule has 0 aromatic heterocycles. The van der Waals surface area contributed by atoms with Crippen LogP contribution in [-0.2, 0) is 0 Å². The molecule has 0 bridgehead atoms. The van der Waals surface area contributed by atoms with Gasteiger partial charge in [-0.1, -0.05) is 11.8 Å². The summed E-state index contributed by atoms with van der Waals surface area (Å²) >= 11 is 0. The van der Waals surface area contributed by atoms with Gasteiger partial charge in [0.2, 0.25) is 0 Å². The van der Waals surface area contributed by atoms with Crippen molar-refractivity contribution in [3.63, 3.8) is 0 Å². The molecule has 1 aliphatic rings. The van der Waals surface area contributed by atoms with Gasteiger partial charge in [0.15, 0.2) is 0 Å². The van der Waals surface area contributed by atoms with Gasteiger partial charge >= 0.3 is 6.03 Å². The van der Waals surface area contributed by atoms with Crippen LogP contribution in [0, 0.1) is 11.8 Å². The maximum absolute atomic E-state index is 12.1. The molecule has 1 saturated heterocycles. The summed E-state index contributed by atoms with van der Waals surface area (Å²) in [7, 11) is 1.58. The molecule has 20 heavy (non-hydrogen) atoms. The minimum Gasteiger partial charge on any atom is -0.495 e. The SMILES string of the molecule is COc1ccc(C#CCN)cc1NC(=O)N1CCCC1. The molecule has 3 N–H and O–H groups in total. The fourth-order valence-electron chi connectivity index (χ4n) is 2.15. The number of carbonyl (C=O) groups excluding carboxylic acids is 1. The Hall–Kier alpha value is -2.19. The number of hydrogen-bond donors (Lipinski definition) is 2. The molecule has 1 aromatic carbocycles. The number of likely N-dealkylation sites (tertiary alicyclic amines) is 1. The maximum atomic E-state index is 12.1. The van der Waals surface area contributed by atoms with Crippen molar-refractivity contribution < 1.29 is 9.53 Å². The molecule has 0 saturated carbocycles. The first-order valence-corrected chi connectivity index (χ1v) is 6.67. The van der Waals surface area contributed by atoms with Crippen LogP contribution < -0.4 is 15.8 Å². The predicted molar refractivity (Wildman–Crippen MR) is 78.8 cm³/mol. The van der Waals surface area contributed by atoms with Crippen molar-refractivity contribution in [2.24, 2.45) is 5.73 Å². The fraction of sp³-hybridized carbons (Fsp3) is 0.400. The summed E-state index contributed by atoms with van der Waals surface area (Å²) in [5.41, 5.74) is 6.79. The average Bonchev–Trinajstić information content (AvgIpc) is 2.99. The molecule has 1 aliphatic heterocycles. The monoisotopic (exact) mass is 273 g/mol. The largest absolute Gasteiger partial charge is 0.495 e. The van der Waals surface area contributed by atoms with E-state index in [1.165, 1.54) is 0 Å². The van der Waals surface area contributed by atoms with Gasteiger partial charge in [-0.3, -0.25) is 0 Å². The summed E-state index contributed by atoms with van der Waals surface area (Å²) in [5.74, 6) is 6.36. The number of carbonyl (C=O) groups is 1. The molecule has 1 heterocycles. The fourth-order valence-corrected chi connectivity index (χ4v) is 2.15. The summed E-state index contributed by atoms with van der Waals surface area (Å²) < 4.78 is 5.26. The quantitative estimate of drug-likeness (QED) is 0.805. The van der Waals surface area contributed by atoms with Gasteiger partial charge in [-0.05, 0) is 31.0 Å². The highest BCUT2D eigenvalue weighted by Crippen LogP contribution is 2.26. The van der Waals surface area contributed by atoms with E-state index in [0.29, 0.717) is 18.0 Å². The first-order chi connectivity index (χ1) is 9.74. The number of urea groups is 1. The van der Waals surface area contributed by atoms with E-state index < -0.39 is 0 Å². The van der Waals surface area contributed by atoms with Crippen LogP contribution in [0.15, 0.2) is 18.2 Å². The van der Waals surface area contributed by atoms with Gasteiger partial charge in [0.1, 0.15) is 5.75 Å². The van der Waals surface area contributed by atoms with E-state index in [-0.39, 0.29) is 6.03 Å². The Morgan fingerprint density at radius 3 is 2.85 bits per heavy atom. The number of rotatable bonds is 2. The van der Waals surface area contributed by atoms with Gasteiger partial charge in [-0.25, -0.2) is 4.79 Å². The van der Waals surface area contributed by atoms with Crippen LogP contribution in [0.1, 0.15) is 18.4 Å². The van der Waals surface area contributed by atoms with E-state index in [9.17, 15) is 4.79 Å². The maximum Gasteiger partial charge on any atom is 0.321 e. The molecule has 0 spiro atoms. The van der Waals surface area contributed by atoms with E-state index >= 15 is 0 Å². The first-order valence-electron chi connectivity index (χ1n) is 6.67. The molecule has 0 aliphatic carbocycles. The van der Waals surface area contributed by atoms with E-state index in [2.05, 4.69) is 17.2 Å². The summed E-state index contributed by atoms with van der Waals surface area (Å²) in [6.45, 7) is 1.92. The third-order valence-corrected chi connectivity index (χ3v) is 3.17. The van der Waals surface area contributed by atoms with E-state index in [1.807, 2.05) is 6.07 Å². The van der Waals surface area contributed by atoms with E-state index in [0.717, 1.165) is 31.5 Å². The molecule has 0 unspecified atom stereocenters. The Bertz CT molecular complexity index is 540. The molecular weight excluding hydrogens is 254 g/mol. The van der Waals surface area contributed by atoms with Gasteiger partial charge in [0.25, 0.3) is 0 Å². The summed E-state index contributed by atoms with van der Waals surface area (Å²) in [6.07, 6.45) is 2.12. The van der Waals surface area contributed by atoms with Crippen LogP contribution in [-0.4, -0.2) is 37.7 Å². The lowest BCUT2D eigenvalue weighted by Crippen LogP contribution is -2.32. The summed E-state index contributed by atoms with van der Waals surface area (Å²) in [5, 5.41) is 2.88. The lowest BCUT2D eigenvalue weighted by atomic mass is 10.2. The molecule has 2 amide bonds. The second-order valence-corrected chi connectivity index (χ2v) is 4.55. The topological polar surface area (TPSA) is 67.6 Å². The molecule has 1 aromatic rings. The van der Waals surface area contributed by atoms with Crippen molar-refractivity contribution in [3.05, 3.63) is 23.8 Å². The van der Waals surface area contributed by atoms with Gasteiger partial charge in [-0.15, -0.1) is 0 Å². The number of hydrogen-bond acceptors (Lipinski definition) is 3. The van der Waals surface area contributed by atoms with Crippen molar-refractivity contribution in [1.29, 1.82) is 0 Å². The van der Waals surface area contributed by atoms with Crippen LogP contribution in [0.3, 0.4) is 0 Å². The molecule has 5 nitrogen and oxygen atoms in total. The Kier molecular flexibility index (Phi) is 4.85. The Balaban J connectivity index is 2.17. The minimum atomic E-state index is -0.0928. The van der Waals surface area contributed by atoms with Crippen LogP contribution in [0.4, 0.5) is 10.5 Å². The number of ether oxygens (including phenoxy) is 1. The number of methoxy groups -OCH3 is 1. The number of nitrogens with two attached hydrogens (primary N) is 1. The van der Waals surface area contributed by atoms with Crippen molar-refractivity contribution >= 4 is 11.7 Å². The highest BCUT2D eigenvalue weighted by Gasteiger charge is 2.19. The van der Waals surface area contributed by atoms with E-state index in [4.69, 9.17) is 10.5 Å². The van der Waals surface area contributed by atoms with Gasteiger partial charge < -0.3 is 20.7 Å². The van der Waals surface area contributed by atoms with Crippen molar-refractivity contribution in [1.82, 2.24) is 4.90 Å². The summed E-state index contributed by atoms with van der Waals surface area (Å²) in [4.78, 5) is 13.9. The standard InChI is InChI=1S/C15H19N3O2/c1-20-14-7-6-12(5-4-8-16)11-13(14)17-15(19)18-9-2-3-10-18/h6-7,11H,2-3,8-10,16H2,1H3,(H,17,19). The highest BCUT2D eigenvalue weighted by atomic mass is 16.5. The van der Waals surface area contributed by atoms with Crippen molar-refractivity contribution in [2.75, 3.05) is 32.1 Å². The van der Waals surface area contributed by atoms with Crippen LogP contribution in [0.2, 0.25) is 0 Å². The number of anilines is 1. The predicted octanol–water partition coefficient (Wildman–Crippen LogP) is 1.63. The molecule has 2 rings (SSSR count). The lowest BCUT2D eigenvalue weighted by Gasteiger charge is -2.17. The number of benzene rings is 1. The van der Waals surface area contributed by atoms with Crippen LogP contribution >= 0.6 is 0 Å². The Morgan fingerprint density at radius 1 is 1.45 bits per heavy atom. The molecule has 0 atom stereocenters. The zero-order valence-corrected chi connectivity index (χ0v) is 11.6. The van der Waals surface area contributed by atoms with Crippen LogP contribution in [0.5, 0.6) is 5.75 Å². The zero-order chi connectivity index (χ0) is 14.4. The third kappa shape index (κ3) is 3.43. The minimum absolute atomic E-state index is 0.0928. The normalized spacial score (nSPS) is 13.6. The van der Waals surface area contributed by atoms with Gasteiger partial charge in [0, 0.05) is 18.7 Å². The molecule has 106 valence electrons.